The Kier molecular flexibility index (Phi) is 7.56. The molecule has 0 spiro atoms. The fourth-order valence-corrected chi connectivity index (χ4v) is 4.28. The van der Waals surface area contributed by atoms with Gasteiger partial charge in [-0.1, -0.05) is 12.1 Å². The average Bonchev–Trinajstić information content (AvgIpc) is 2.77. The SMILES string of the molecule is CON=CC[C@H](C)CC1=C(C)N=C[SH]1CCC(F)=C(F)F. The minimum absolute atomic E-state index is 0.226. The van der Waals surface area contributed by atoms with Crippen molar-refractivity contribution in [1.29, 1.82) is 0 Å². The van der Waals surface area contributed by atoms with Crippen LogP contribution in [0.5, 0.6) is 0 Å². The smallest absolute Gasteiger partial charge is 0.301 e. The second-order valence-corrected chi connectivity index (χ2v) is 7.06. The van der Waals surface area contributed by atoms with E-state index >= 15 is 0 Å². The van der Waals surface area contributed by atoms with Gasteiger partial charge in [-0.25, -0.2) is 4.39 Å². The molecule has 0 aromatic heterocycles. The van der Waals surface area contributed by atoms with Gasteiger partial charge in [0.25, 0.3) is 0 Å². The molecule has 1 aliphatic rings. The molecule has 120 valence electrons. The van der Waals surface area contributed by atoms with Gasteiger partial charge in [0.05, 0.1) is 0 Å². The number of halogens is 3. The predicted molar refractivity (Wildman–Crippen MR) is 83.9 cm³/mol. The Labute approximate surface area is 126 Å². The van der Waals surface area contributed by atoms with Crippen LogP contribution in [0.15, 0.2) is 32.7 Å². The van der Waals surface area contributed by atoms with Crippen molar-refractivity contribution in [3.05, 3.63) is 22.5 Å². The minimum Gasteiger partial charge on any atom is -0.399 e. The Hall–Kier alpha value is -1.24. The molecule has 1 heterocycles. The molecule has 0 amide bonds. The van der Waals surface area contributed by atoms with Crippen molar-refractivity contribution in [3.63, 3.8) is 0 Å². The van der Waals surface area contributed by atoms with E-state index < -0.39 is 22.8 Å². The second-order valence-electron chi connectivity index (χ2n) is 4.90. The Morgan fingerprint density at radius 1 is 1.48 bits per heavy atom. The highest BCUT2D eigenvalue weighted by Crippen LogP contribution is 2.45. The normalized spacial score (nSPS) is 21.1. The molecule has 1 unspecified atom stereocenters. The number of aliphatic imine (C=N–C) groups is 1. The van der Waals surface area contributed by atoms with Crippen molar-refractivity contribution in [2.24, 2.45) is 16.1 Å². The van der Waals surface area contributed by atoms with Crippen LogP contribution >= 0.6 is 10.9 Å². The molecule has 2 atom stereocenters. The molecule has 3 nitrogen and oxygen atoms in total. The lowest BCUT2D eigenvalue weighted by molar-refractivity contribution is 0.214. The molecule has 0 saturated heterocycles. The van der Waals surface area contributed by atoms with Crippen LogP contribution in [0.25, 0.3) is 0 Å². The van der Waals surface area contributed by atoms with Gasteiger partial charge in [0, 0.05) is 23.9 Å². The molecule has 0 N–H and O–H groups in total. The van der Waals surface area contributed by atoms with Gasteiger partial charge >= 0.3 is 6.08 Å². The van der Waals surface area contributed by atoms with Crippen molar-refractivity contribution >= 4 is 22.7 Å². The lowest BCUT2D eigenvalue weighted by Crippen LogP contribution is -2.01. The van der Waals surface area contributed by atoms with Crippen LogP contribution < -0.4 is 0 Å². The summed E-state index contributed by atoms with van der Waals surface area (Å²) >= 11 is 0. The van der Waals surface area contributed by atoms with Gasteiger partial charge < -0.3 is 4.84 Å². The van der Waals surface area contributed by atoms with E-state index in [0.29, 0.717) is 11.7 Å². The van der Waals surface area contributed by atoms with Gasteiger partial charge in [0.2, 0.25) is 0 Å². The van der Waals surface area contributed by atoms with E-state index in [1.54, 1.807) is 11.8 Å². The molecule has 0 aliphatic carbocycles. The monoisotopic (exact) mass is 322 g/mol. The molecule has 0 bridgehead atoms. The van der Waals surface area contributed by atoms with Crippen LogP contribution in [-0.4, -0.2) is 24.6 Å². The number of allylic oxidation sites excluding steroid dienone is 3. The number of thiol groups is 1. The Balaban J connectivity index is 2.57. The number of nitrogens with zero attached hydrogens (tertiary/aromatic N) is 2. The fraction of sp³-hybridized carbons (Fsp3) is 0.571. The first-order chi connectivity index (χ1) is 9.95. The van der Waals surface area contributed by atoms with E-state index in [0.717, 1.165) is 23.4 Å². The van der Waals surface area contributed by atoms with E-state index in [9.17, 15) is 13.2 Å². The van der Waals surface area contributed by atoms with Crippen LogP contribution in [0, 0.1) is 5.92 Å². The quantitative estimate of drug-likeness (QED) is 0.389. The number of rotatable bonds is 8. The van der Waals surface area contributed by atoms with Crippen molar-refractivity contribution < 1.29 is 18.0 Å². The van der Waals surface area contributed by atoms with Crippen molar-refractivity contribution in [2.45, 2.75) is 33.1 Å². The molecule has 1 rings (SSSR count). The van der Waals surface area contributed by atoms with Crippen LogP contribution in [0.1, 0.15) is 33.1 Å². The second kappa shape index (κ2) is 8.92. The molecular formula is C14H21F3N2OS. The summed E-state index contributed by atoms with van der Waals surface area (Å²) in [6, 6.07) is 0. The van der Waals surface area contributed by atoms with Gasteiger partial charge in [0.15, 0.2) is 5.83 Å². The third kappa shape index (κ3) is 5.95. The largest absolute Gasteiger partial charge is 0.399 e. The lowest BCUT2D eigenvalue weighted by Gasteiger charge is -2.19. The van der Waals surface area contributed by atoms with Crippen LogP contribution in [0.4, 0.5) is 13.2 Å². The van der Waals surface area contributed by atoms with E-state index in [4.69, 9.17) is 0 Å². The number of oxime groups is 1. The summed E-state index contributed by atoms with van der Waals surface area (Å²) in [5.41, 5.74) is 2.72. The third-order valence-corrected chi connectivity index (χ3v) is 5.46. The summed E-state index contributed by atoms with van der Waals surface area (Å²) in [6.07, 6.45) is 0.848. The molecule has 0 fully saturated rings. The predicted octanol–water partition coefficient (Wildman–Crippen LogP) is 4.78. The van der Waals surface area contributed by atoms with Gasteiger partial charge in [-0.05, 0) is 36.3 Å². The lowest BCUT2D eigenvalue weighted by atomic mass is 10.0. The summed E-state index contributed by atoms with van der Waals surface area (Å²) in [7, 11) is 0.738. The average molecular weight is 322 g/mol. The maximum absolute atomic E-state index is 12.9. The van der Waals surface area contributed by atoms with Gasteiger partial charge in [-0.3, -0.25) is 4.99 Å². The van der Waals surface area contributed by atoms with Crippen molar-refractivity contribution in [1.82, 2.24) is 0 Å². The first-order valence-electron chi connectivity index (χ1n) is 6.71. The Morgan fingerprint density at radius 2 is 2.19 bits per heavy atom. The molecular weight excluding hydrogens is 301 g/mol. The van der Waals surface area contributed by atoms with Gasteiger partial charge in [-0.15, -0.1) is 0 Å². The maximum atomic E-state index is 12.9. The standard InChI is InChI=1S/C14H21F3N2OS/c1-10(4-6-19-20-3)8-13-11(2)18-9-21(13)7-5-12(15)14(16)17/h6,9-10,21H,4-5,7-8H2,1-3H3/t10-/m0/s1. The van der Waals surface area contributed by atoms with Gasteiger partial charge in [0.1, 0.15) is 7.11 Å². The molecule has 7 heteroatoms. The molecule has 1 aliphatic heterocycles. The zero-order valence-corrected chi connectivity index (χ0v) is 13.3. The van der Waals surface area contributed by atoms with E-state index in [1.165, 1.54) is 7.11 Å². The van der Waals surface area contributed by atoms with E-state index in [1.807, 2.05) is 6.92 Å². The van der Waals surface area contributed by atoms with Crippen molar-refractivity contribution in [3.8, 4) is 0 Å². The summed E-state index contributed by atoms with van der Waals surface area (Å²) in [6.45, 7) is 3.99. The van der Waals surface area contributed by atoms with E-state index in [2.05, 4.69) is 21.9 Å². The zero-order valence-electron chi connectivity index (χ0n) is 12.4. The van der Waals surface area contributed by atoms with Crippen LogP contribution in [0.2, 0.25) is 0 Å². The molecule has 21 heavy (non-hydrogen) atoms. The maximum Gasteiger partial charge on any atom is 0.301 e. The molecule has 0 aromatic rings. The van der Waals surface area contributed by atoms with Crippen LogP contribution in [0.3, 0.4) is 0 Å². The first-order valence-corrected chi connectivity index (χ1v) is 8.30. The summed E-state index contributed by atoms with van der Waals surface area (Å²) in [5.74, 6) is -0.581. The highest BCUT2D eigenvalue weighted by atomic mass is 32.2. The van der Waals surface area contributed by atoms with Crippen LogP contribution in [-0.2, 0) is 4.84 Å². The zero-order chi connectivity index (χ0) is 15.8. The molecule has 0 radical (unpaired) electrons. The van der Waals surface area contributed by atoms with Crippen molar-refractivity contribution in [2.75, 3.05) is 12.9 Å². The summed E-state index contributed by atoms with van der Waals surface area (Å²) < 4.78 is 37.1. The Bertz CT molecular complexity index is 471. The van der Waals surface area contributed by atoms with Gasteiger partial charge in [-0.2, -0.15) is 19.7 Å². The highest BCUT2D eigenvalue weighted by molar-refractivity contribution is 8.31. The molecule has 0 aromatic carbocycles. The summed E-state index contributed by atoms with van der Waals surface area (Å²) in [5, 5.41) is 3.70. The highest BCUT2D eigenvalue weighted by Gasteiger charge is 2.19. The topological polar surface area (TPSA) is 34.0 Å². The minimum atomic E-state index is -2.22. The fourth-order valence-electron chi connectivity index (χ4n) is 1.99. The third-order valence-electron chi connectivity index (χ3n) is 3.16. The number of hydrogen-bond acceptors (Lipinski definition) is 3. The molecule has 0 saturated carbocycles. The Morgan fingerprint density at radius 3 is 2.81 bits per heavy atom. The number of hydrogen-bond donors (Lipinski definition) is 1. The summed E-state index contributed by atoms with van der Waals surface area (Å²) in [4.78, 5) is 10.0. The first kappa shape index (κ1) is 17.8. The van der Waals surface area contributed by atoms with E-state index in [-0.39, 0.29) is 6.42 Å².